The van der Waals surface area contributed by atoms with Crippen molar-refractivity contribution in [3.05, 3.63) is 70.9 Å². The fraction of sp³-hybridized carbons (Fsp3) is 0.348. The van der Waals surface area contributed by atoms with Crippen molar-refractivity contribution in [3.63, 3.8) is 0 Å². The van der Waals surface area contributed by atoms with Crippen LogP contribution in [0, 0.1) is 20.8 Å². The second-order valence-electron chi connectivity index (χ2n) is 7.61. The zero-order valence-corrected chi connectivity index (χ0v) is 17.4. The quantitative estimate of drug-likeness (QED) is 0.719. The van der Waals surface area contributed by atoms with Gasteiger partial charge < -0.3 is 15.1 Å². The Kier molecular flexibility index (Phi) is 5.60. The number of aromatic nitrogens is 3. The van der Waals surface area contributed by atoms with Crippen molar-refractivity contribution in [2.75, 3.05) is 41.3 Å². The molecule has 0 unspecified atom stereocenters. The van der Waals surface area contributed by atoms with Crippen LogP contribution < -0.4 is 15.1 Å². The van der Waals surface area contributed by atoms with Crippen molar-refractivity contribution in [1.29, 1.82) is 0 Å². The van der Waals surface area contributed by atoms with Crippen LogP contribution in [0.5, 0.6) is 0 Å². The fourth-order valence-electron chi connectivity index (χ4n) is 3.76. The van der Waals surface area contributed by atoms with E-state index in [0.29, 0.717) is 12.5 Å². The molecular formula is C23H28N6. The summed E-state index contributed by atoms with van der Waals surface area (Å²) in [5.74, 6) is 1.45. The smallest absolute Gasteiger partial charge is 0.244 e. The second-order valence-corrected chi connectivity index (χ2v) is 7.61. The van der Waals surface area contributed by atoms with Gasteiger partial charge >= 0.3 is 0 Å². The average Bonchev–Trinajstić information content (AvgIpc) is 2.75. The lowest BCUT2D eigenvalue weighted by Crippen LogP contribution is -2.47. The Labute approximate surface area is 172 Å². The van der Waals surface area contributed by atoms with Crippen LogP contribution >= 0.6 is 0 Å². The van der Waals surface area contributed by atoms with Gasteiger partial charge in [-0.05, 0) is 49.1 Å². The van der Waals surface area contributed by atoms with Gasteiger partial charge in [0.1, 0.15) is 0 Å². The molecule has 1 fully saturated rings. The summed E-state index contributed by atoms with van der Waals surface area (Å²) in [7, 11) is 0. The van der Waals surface area contributed by atoms with Gasteiger partial charge in [-0.3, -0.25) is 0 Å². The third-order valence-electron chi connectivity index (χ3n) is 5.76. The van der Waals surface area contributed by atoms with E-state index in [2.05, 4.69) is 88.5 Å². The van der Waals surface area contributed by atoms with Crippen LogP contribution in [0.4, 0.5) is 17.5 Å². The van der Waals surface area contributed by atoms with Crippen molar-refractivity contribution in [2.45, 2.75) is 27.3 Å². The highest BCUT2D eigenvalue weighted by atomic mass is 15.3. The van der Waals surface area contributed by atoms with E-state index in [1.807, 2.05) is 0 Å². The van der Waals surface area contributed by atoms with E-state index in [4.69, 9.17) is 4.98 Å². The summed E-state index contributed by atoms with van der Waals surface area (Å²) in [4.78, 5) is 9.44. The first-order chi connectivity index (χ1) is 14.1. The first-order valence-corrected chi connectivity index (χ1v) is 10.2. The Hall–Kier alpha value is -3.15. The molecule has 150 valence electrons. The molecule has 2 aromatic carbocycles. The summed E-state index contributed by atoms with van der Waals surface area (Å²) in [6.45, 7) is 11.0. The molecule has 1 aliphatic rings. The summed E-state index contributed by atoms with van der Waals surface area (Å²) < 4.78 is 0. The third kappa shape index (κ3) is 4.31. The number of nitrogens with one attached hydrogen (secondary N) is 1. The van der Waals surface area contributed by atoms with Gasteiger partial charge in [-0.1, -0.05) is 36.4 Å². The van der Waals surface area contributed by atoms with Crippen molar-refractivity contribution >= 4 is 17.5 Å². The lowest BCUT2D eigenvalue weighted by atomic mass is 10.1. The summed E-state index contributed by atoms with van der Waals surface area (Å²) in [6.07, 6.45) is 1.76. The van der Waals surface area contributed by atoms with Crippen LogP contribution in [0.15, 0.2) is 48.7 Å². The van der Waals surface area contributed by atoms with Crippen LogP contribution in [0.3, 0.4) is 0 Å². The molecule has 6 heteroatoms. The first kappa shape index (κ1) is 19.2. The number of rotatable bonds is 5. The third-order valence-corrected chi connectivity index (χ3v) is 5.76. The maximum absolute atomic E-state index is 4.69. The molecule has 0 bridgehead atoms. The summed E-state index contributed by atoms with van der Waals surface area (Å²) >= 11 is 0. The van der Waals surface area contributed by atoms with Crippen LogP contribution in [-0.4, -0.2) is 41.4 Å². The van der Waals surface area contributed by atoms with E-state index in [0.717, 1.165) is 32.0 Å². The molecule has 6 nitrogen and oxygen atoms in total. The Balaban J connectivity index is 1.39. The zero-order chi connectivity index (χ0) is 20.2. The molecule has 0 atom stereocenters. The molecule has 3 aromatic rings. The van der Waals surface area contributed by atoms with Gasteiger partial charge in [-0.25, -0.2) is 0 Å². The lowest BCUT2D eigenvalue weighted by molar-refractivity contribution is 0.643. The van der Waals surface area contributed by atoms with Crippen LogP contribution in [-0.2, 0) is 6.54 Å². The normalized spacial score (nSPS) is 14.2. The molecule has 0 aliphatic carbocycles. The number of nitrogens with zero attached hydrogens (tertiary/aromatic N) is 5. The van der Waals surface area contributed by atoms with Crippen LogP contribution in [0.25, 0.3) is 0 Å². The number of aryl methyl sites for hydroxylation is 2. The SMILES string of the molecule is Cc1ccccc1CNc1nncc(N2CCN(c3cccc(C)c3C)CC2)n1. The molecule has 0 radical (unpaired) electrons. The second kappa shape index (κ2) is 8.47. The minimum Gasteiger partial charge on any atom is -0.368 e. The largest absolute Gasteiger partial charge is 0.368 e. The molecule has 0 spiro atoms. The molecule has 1 N–H and O–H groups in total. The van der Waals surface area contributed by atoms with E-state index in [1.165, 1.54) is 27.9 Å². The molecule has 0 saturated carbocycles. The molecule has 2 heterocycles. The molecule has 1 saturated heterocycles. The maximum Gasteiger partial charge on any atom is 0.244 e. The fourth-order valence-corrected chi connectivity index (χ4v) is 3.76. The van der Waals surface area contributed by atoms with Gasteiger partial charge in [0.05, 0.1) is 6.20 Å². The highest BCUT2D eigenvalue weighted by Crippen LogP contribution is 2.25. The van der Waals surface area contributed by atoms with Gasteiger partial charge in [0, 0.05) is 38.4 Å². The summed E-state index contributed by atoms with van der Waals surface area (Å²) in [5, 5.41) is 11.6. The van der Waals surface area contributed by atoms with Crippen molar-refractivity contribution < 1.29 is 0 Å². The van der Waals surface area contributed by atoms with Crippen LogP contribution in [0.2, 0.25) is 0 Å². The number of hydrogen-bond donors (Lipinski definition) is 1. The highest BCUT2D eigenvalue weighted by Gasteiger charge is 2.20. The Morgan fingerprint density at radius 2 is 1.59 bits per heavy atom. The van der Waals surface area contributed by atoms with Gasteiger partial charge in [-0.15, -0.1) is 5.10 Å². The van der Waals surface area contributed by atoms with Crippen molar-refractivity contribution in [2.24, 2.45) is 0 Å². The van der Waals surface area contributed by atoms with Crippen molar-refractivity contribution in [1.82, 2.24) is 15.2 Å². The number of anilines is 3. The van der Waals surface area contributed by atoms with Gasteiger partial charge in [0.15, 0.2) is 5.82 Å². The molecule has 1 aliphatic heterocycles. The minimum absolute atomic E-state index is 0.572. The summed E-state index contributed by atoms with van der Waals surface area (Å²) in [5.41, 5.74) is 6.54. The van der Waals surface area contributed by atoms with E-state index in [-0.39, 0.29) is 0 Å². The Bertz CT molecular complexity index is 979. The van der Waals surface area contributed by atoms with E-state index < -0.39 is 0 Å². The van der Waals surface area contributed by atoms with Gasteiger partial charge in [0.2, 0.25) is 5.95 Å². The number of piperazine rings is 1. The maximum atomic E-state index is 4.69. The van der Waals surface area contributed by atoms with E-state index in [1.54, 1.807) is 6.20 Å². The van der Waals surface area contributed by atoms with Crippen molar-refractivity contribution in [3.8, 4) is 0 Å². The standard InChI is InChI=1S/C23H28N6/c1-17-8-6-10-21(19(17)3)28-11-13-29(14-12-28)22-16-25-27-23(26-22)24-15-20-9-5-4-7-18(20)2/h4-10,16H,11-15H2,1-3H3,(H,24,26,27). The minimum atomic E-state index is 0.572. The molecule has 1 aromatic heterocycles. The molecule has 4 rings (SSSR count). The van der Waals surface area contributed by atoms with E-state index >= 15 is 0 Å². The average molecular weight is 389 g/mol. The lowest BCUT2D eigenvalue weighted by Gasteiger charge is -2.37. The molecular weight excluding hydrogens is 360 g/mol. The highest BCUT2D eigenvalue weighted by molar-refractivity contribution is 5.57. The monoisotopic (exact) mass is 388 g/mol. The number of benzene rings is 2. The Morgan fingerprint density at radius 3 is 2.38 bits per heavy atom. The van der Waals surface area contributed by atoms with E-state index in [9.17, 15) is 0 Å². The predicted octanol–water partition coefficient (Wildman–Crippen LogP) is 3.74. The molecule has 0 amide bonds. The van der Waals surface area contributed by atoms with Crippen LogP contribution in [0.1, 0.15) is 22.3 Å². The first-order valence-electron chi connectivity index (χ1n) is 10.2. The summed E-state index contributed by atoms with van der Waals surface area (Å²) in [6, 6.07) is 14.9. The number of hydrogen-bond acceptors (Lipinski definition) is 6. The molecule has 29 heavy (non-hydrogen) atoms. The zero-order valence-electron chi connectivity index (χ0n) is 17.4. The van der Waals surface area contributed by atoms with Gasteiger partial charge in [-0.2, -0.15) is 10.1 Å². The Morgan fingerprint density at radius 1 is 0.862 bits per heavy atom. The predicted molar refractivity (Wildman–Crippen MR) is 119 cm³/mol. The van der Waals surface area contributed by atoms with Gasteiger partial charge in [0.25, 0.3) is 0 Å². The topological polar surface area (TPSA) is 57.2 Å².